The third-order valence-corrected chi connectivity index (χ3v) is 7.12. The van der Waals surface area contributed by atoms with Crippen molar-refractivity contribution in [2.45, 2.75) is 37.8 Å². The Morgan fingerprint density at radius 2 is 1.97 bits per heavy atom. The number of nitro groups is 1. The van der Waals surface area contributed by atoms with Gasteiger partial charge in [0.2, 0.25) is 0 Å². The van der Waals surface area contributed by atoms with E-state index in [4.69, 9.17) is 4.74 Å². The molecule has 8 nitrogen and oxygen atoms in total. The van der Waals surface area contributed by atoms with Crippen molar-refractivity contribution >= 4 is 40.8 Å². The van der Waals surface area contributed by atoms with E-state index >= 15 is 0 Å². The Morgan fingerprint density at radius 1 is 1.26 bits per heavy atom. The number of benzene rings is 2. The van der Waals surface area contributed by atoms with E-state index in [1.165, 1.54) is 28.0 Å². The Bertz CT molecular complexity index is 1520. The molecule has 0 N–H and O–H groups in total. The van der Waals surface area contributed by atoms with Gasteiger partial charge in [0.05, 0.1) is 32.9 Å². The van der Waals surface area contributed by atoms with E-state index in [1.54, 1.807) is 50.7 Å². The third-order valence-electron chi connectivity index (χ3n) is 5.39. The van der Waals surface area contributed by atoms with Gasteiger partial charge in [0.15, 0.2) is 4.80 Å². The van der Waals surface area contributed by atoms with Crippen LogP contribution in [0.15, 0.2) is 74.5 Å². The first-order valence-electron chi connectivity index (χ1n) is 10.8. The monoisotopic (exact) mass is 509 g/mol. The van der Waals surface area contributed by atoms with Gasteiger partial charge in [-0.1, -0.05) is 35.6 Å². The molecule has 1 aliphatic rings. The van der Waals surface area contributed by atoms with Crippen LogP contribution in [0, 0.1) is 10.1 Å². The first-order chi connectivity index (χ1) is 16.7. The Balaban J connectivity index is 1.92. The number of hydrogen-bond donors (Lipinski definition) is 0. The fourth-order valence-electron chi connectivity index (χ4n) is 3.84. The Kier molecular flexibility index (Phi) is 7.04. The number of non-ortho nitro benzene ring substituents is 1. The van der Waals surface area contributed by atoms with Crippen LogP contribution in [-0.2, 0) is 9.53 Å². The maximum Gasteiger partial charge on any atom is 0.338 e. The van der Waals surface area contributed by atoms with Crippen LogP contribution in [-0.4, -0.2) is 27.8 Å². The van der Waals surface area contributed by atoms with E-state index in [0.29, 0.717) is 26.2 Å². The van der Waals surface area contributed by atoms with Crippen LogP contribution in [0.3, 0.4) is 0 Å². The number of nitro benzene ring substituents is 1. The molecular weight excluding hydrogens is 486 g/mol. The van der Waals surface area contributed by atoms with E-state index in [9.17, 15) is 19.7 Å². The summed E-state index contributed by atoms with van der Waals surface area (Å²) in [6, 6.07) is 13.0. The summed E-state index contributed by atoms with van der Waals surface area (Å²) in [5, 5.41) is 11.2. The number of thioether (sulfide) groups is 1. The molecule has 0 radical (unpaired) electrons. The van der Waals surface area contributed by atoms with Gasteiger partial charge in [-0.05, 0) is 56.4 Å². The summed E-state index contributed by atoms with van der Waals surface area (Å²) >= 11 is 2.77. The highest BCUT2D eigenvalue weighted by atomic mass is 32.2. The number of thiazole rings is 1. The highest BCUT2D eigenvalue weighted by Gasteiger charge is 2.33. The van der Waals surface area contributed by atoms with E-state index in [1.807, 2.05) is 30.5 Å². The Hall–Kier alpha value is -3.50. The molecule has 1 aliphatic heterocycles. The number of nitrogens with zero attached hydrogens (tertiary/aromatic N) is 3. The van der Waals surface area contributed by atoms with Crippen molar-refractivity contribution in [3.05, 3.63) is 101 Å². The van der Waals surface area contributed by atoms with Crippen LogP contribution in [0.4, 0.5) is 5.69 Å². The number of ether oxygens (including phenoxy) is 1. The van der Waals surface area contributed by atoms with Crippen LogP contribution < -0.4 is 14.9 Å². The molecule has 180 valence electrons. The minimum Gasteiger partial charge on any atom is -0.459 e. The topological polar surface area (TPSA) is 104 Å². The van der Waals surface area contributed by atoms with Gasteiger partial charge in [-0.25, -0.2) is 9.79 Å². The average molecular weight is 510 g/mol. The first kappa shape index (κ1) is 24.6. The number of fused-ring (bicyclic) bond motifs is 1. The van der Waals surface area contributed by atoms with E-state index in [2.05, 4.69) is 4.99 Å². The zero-order chi connectivity index (χ0) is 25.3. The van der Waals surface area contributed by atoms with Crippen molar-refractivity contribution in [3.63, 3.8) is 0 Å². The van der Waals surface area contributed by atoms with Gasteiger partial charge in [0, 0.05) is 17.0 Å². The highest BCUT2D eigenvalue weighted by molar-refractivity contribution is 7.98. The summed E-state index contributed by atoms with van der Waals surface area (Å²) in [7, 11) is 0. The Labute approximate surface area is 209 Å². The van der Waals surface area contributed by atoms with Gasteiger partial charge in [0.25, 0.3) is 11.2 Å². The minimum absolute atomic E-state index is 0.0622. The predicted molar refractivity (Wildman–Crippen MR) is 136 cm³/mol. The molecular formula is C25H23N3O5S2. The van der Waals surface area contributed by atoms with Crippen molar-refractivity contribution < 1.29 is 14.5 Å². The predicted octanol–water partition coefficient (Wildman–Crippen LogP) is 3.82. The van der Waals surface area contributed by atoms with E-state index in [-0.39, 0.29) is 17.4 Å². The van der Waals surface area contributed by atoms with Crippen LogP contribution in [0.1, 0.15) is 37.9 Å². The number of carbonyl (C=O) groups is 1. The summed E-state index contributed by atoms with van der Waals surface area (Å²) in [6.07, 6.45) is 3.25. The second-order valence-corrected chi connectivity index (χ2v) is 10.0. The largest absolute Gasteiger partial charge is 0.459 e. The molecule has 0 saturated carbocycles. The van der Waals surface area contributed by atoms with Crippen molar-refractivity contribution in [3.8, 4) is 0 Å². The molecule has 0 spiro atoms. The smallest absolute Gasteiger partial charge is 0.338 e. The van der Waals surface area contributed by atoms with Gasteiger partial charge in [-0.3, -0.25) is 19.5 Å². The summed E-state index contributed by atoms with van der Waals surface area (Å²) in [6.45, 7) is 5.27. The van der Waals surface area contributed by atoms with Crippen molar-refractivity contribution in [1.29, 1.82) is 0 Å². The zero-order valence-electron chi connectivity index (χ0n) is 19.6. The number of aromatic nitrogens is 1. The molecule has 0 saturated heterocycles. The lowest BCUT2D eigenvalue weighted by molar-refractivity contribution is -0.384. The lowest BCUT2D eigenvalue weighted by atomic mass is 9.96. The maximum atomic E-state index is 13.6. The van der Waals surface area contributed by atoms with Crippen LogP contribution >= 0.6 is 23.1 Å². The molecule has 2 heterocycles. The van der Waals surface area contributed by atoms with Crippen LogP contribution in [0.25, 0.3) is 6.08 Å². The van der Waals surface area contributed by atoms with Crippen molar-refractivity contribution in [2.75, 3.05) is 6.26 Å². The molecule has 1 aromatic heterocycles. The van der Waals surface area contributed by atoms with Crippen molar-refractivity contribution in [1.82, 2.24) is 4.57 Å². The van der Waals surface area contributed by atoms with Crippen LogP contribution in [0.5, 0.6) is 0 Å². The fourth-order valence-corrected chi connectivity index (χ4v) is 5.30. The molecule has 1 atom stereocenters. The summed E-state index contributed by atoms with van der Waals surface area (Å²) < 4.78 is 7.37. The van der Waals surface area contributed by atoms with Gasteiger partial charge < -0.3 is 4.74 Å². The van der Waals surface area contributed by atoms with E-state index in [0.717, 1.165) is 10.5 Å². The molecule has 35 heavy (non-hydrogen) atoms. The number of esters is 1. The standard InChI is InChI=1S/C25H23N3O5S2/c1-14(2)33-24(30)21-15(3)26-25-27(22(21)17-8-10-19(34-4)11-9-17)23(29)20(35-25)13-16-6-5-7-18(12-16)28(31)32/h5-14,22H,1-4H3/b20-13-/t22-/m1/s1. The third kappa shape index (κ3) is 4.98. The maximum absolute atomic E-state index is 13.6. The molecule has 0 aliphatic carbocycles. The number of hydrogen-bond acceptors (Lipinski definition) is 8. The molecule has 0 unspecified atom stereocenters. The first-order valence-corrected chi connectivity index (χ1v) is 12.9. The second-order valence-electron chi connectivity index (χ2n) is 8.16. The lowest BCUT2D eigenvalue weighted by Crippen LogP contribution is -2.40. The molecule has 0 bridgehead atoms. The lowest BCUT2D eigenvalue weighted by Gasteiger charge is -2.25. The molecule has 0 fully saturated rings. The van der Waals surface area contributed by atoms with Crippen LogP contribution in [0.2, 0.25) is 0 Å². The number of rotatable bonds is 6. The zero-order valence-corrected chi connectivity index (χ0v) is 21.2. The SMILES string of the molecule is CSc1ccc([C@@H]2C(C(=O)OC(C)C)=C(C)N=c3s/c(=C\c4cccc([N+](=O)[O-])c4)c(=O)n32)cc1. The van der Waals surface area contributed by atoms with Gasteiger partial charge in [0.1, 0.15) is 0 Å². The molecule has 2 aromatic carbocycles. The number of carbonyl (C=O) groups excluding carboxylic acids is 1. The molecule has 10 heteroatoms. The summed E-state index contributed by atoms with van der Waals surface area (Å²) in [4.78, 5) is 43.5. The number of allylic oxidation sites excluding steroid dienone is 1. The highest BCUT2D eigenvalue weighted by Crippen LogP contribution is 2.32. The minimum atomic E-state index is -0.708. The van der Waals surface area contributed by atoms with Crippen molar-refractivity contribution in [2.24, 2.45) is 4.99 Å². The van der Waals surface area contributed by atoms with Gasteiger partial charge in [-0.15, -0.1) is 11.8 Å². The molecule has 0 amide bonds. The van der Waals surface area contributed by atoms with Gasteiger partial charge in [-0.2, -0.15) is 0 Å². The Morgan fingerprint density at radius 3 is 2.60 bits per heavy atom. The van der Waals surface area contributed by atoms with E-state index < -0.39 is 16.9 Å². The quantitative estimate of drug-likeness (QED) is 0.217. The fraction of sp³-hybridized carbons (Fsp3) is 0.240. The second kappa shape index (κ2) is 10.0. The molecule has 3 aromatic rings. The summed E-state index contributed by atoms with van der Waals surface area (Å²) in [5.74, 6) is -0.520. The van der Waals surface area contributed by atoms with Gasteiger partial charge >= 0.3 is 5.97 Å². The average Bonchev–Trinajstić information content (AvgIpc) is 3.12. The normalized spacial score (nSPS) is 15.7. The molecule has 4 rings (SSSR count). The summed E-state index contributed by atoms with van der Waals surface area (Å²) in [5.41, 5.74) is 1.69.